The van der Waals surface area contributed by atoms with E-state index in [-0.39, 0.29) is 5.43 Å². The number of para-hydroxylation sites is 2. The summed E-state index contributed by atoms with van der Waals surface area (Å²) in [5.41, 5.74) is 3.30. The Morgan fingerprint density at radius 2 is 1.22 bits per heavy atom. The molecule has 3 heteroatoms. The van der Waals surface area contributed by atoms with Crippen LogP contribution in [0.5, 0.6) is 0 Å². The molecule has 3 nitrogen and oxygen atoms in total. The molecule has 0 aliphatic rings. The summed E-state index contributed by atoms with van der Waals surface area (Å²) >= 11 is 0. The van der Waals surface area contributed by atoms with Gasteiger partial charge < -0.3 is 4.57 Å². The van der Waals surface area contributed by atoms with Crippen LogP contribution >= 0.6 is 0 Å². The highest BCUT2D eigenvalue weighted by Gasteiger charge is 2.11. The van der Waals surface area contributed by atoms with Gasteiger partial charge in [-0.1, -0.05) is 24.3 Å². The van der Waals surface area contributed by atoms with E-state index in [0.29, 0.717) is 16.3 Å². The van der Waals surface area contributed by atoms with Gasteiger partial charge in [0.1, 0.15) is 6.29 Å². The topological polar surface area (TPSA) is 39.1 Å². The van der Waals surface area contributed by atoms with Crippen molar-refractivity contribution in [3.8, 4) is 5.69 Å². The molecule has 1 aromatic heterocycles. The van der Waals surface area contributed by atoms with Crippen LogP contribution in [0.4, 0.5) is 0 Å². The van der Waals surface area contributed by atoms with Crippen LogP contribution in [0, 0.1) is 0 Å². The zero-order chi connectivity index (χ0) is 15.8. The highest BCUT2D eigenvalue weighted by molar-refractivity contribution is 5.95. The Morgan fingerprint density at radius 1 is 0.696 bits per heavy atom. The largest absolute Gasteiger partial charge is 0.309 e. The maximum absolute atomic E-state index is 12.7. The van der Waals surface area contributed by atoms with E-state index in [1.165, 1.54) is 0 Å². The van der Waals surface area contributed by atoms with Crippen LogP contribution in [-0.4, -0.2) is 10.9 Å². The highest BCUT2D eigenvalue weighted by Crippen LogP contribution is 2.23. The summed E-state index contributed by atoms with van der Waals surface area (Å²) in [6.07, 6.45) is 0.825. The van der Waals surface area contributed by atoms with Crippen molar-refractivity contribution in [3.63, 3.8) is 0 Å². The number of aromatic nitrogens is 1. The van der Waals surface area contributed by atoms with Gasteiger partial charge in [0, 0.05) is 22.0 Å². The molecule has 0 saturated carbocycles. The van der Waals surface area contributed by atoms with E-state index < -0.39 is 0 Å². The van der Waals surface area contributed by atoms with E-state index in [9.17, 15) is 9.59 Å². The van der Waals surface area contributed by atoms with Crippen molar-refractivity contribution in [2.45, 2.75) is 0 Å². The lowest BCUT2D eigenvalue weighted by Gasteiger charge is -2.15. The number of hydrogen-bond acceptors (Lipinski definition) is 2. The van der Waals surface area contributed by atoms with E-state index >= 15 is 0 Å². The van der Waals surface area contributed by atoms with Crippen LogP contribution in [0.15, 0.2) is 77.6 Å². The maximum atomic E-state index is 12.7. The lowest BCUT2D eigenvalue weighted by Crippen LogP contribution is -2.10. The third-order valence-corrected chi connectivity index (χ3v) is 4.07. The molecule has 0 unspecified atom stereocenters. The number of carbonyl (C=O) groups is 1. The molecular weight excluding hydrogens is 286 g/mol. The first-order valence-electron chi connectivity index (χ1n) is 7.38. The second-order valence-corrected chi connectivity index (χ2v) is 5.41. The average Bonchev–Trinajstić information content (AvgIpc) is 2.63. The summed E-state index contributed by atoms with van der Waals surface area (Å²) in [6, 6.07) is 22.5. The smallest absolute Gasteiger partial charge is 0.197 e. The second-order valence-electron chi connectivity index (χ2n) is 5.41. The molecule has 0 radical (unpaired) electrons. The van der Waals surface area contributed by atoms with Gasteiger partial charge in [-0.05, 0) is 48.5 Å². The Bertz CT molecular complexity index is 1030. The van der Waals surface area contributed by atoms with Crippen molar-refractivity contribution >= 4 is 28.1 Å². The van der Waals surface area contributed by atoms with Crippen LogP contribution in [-0.2, 0) is 0 Å². The lowest BCUT2D eigenvalue weighted by atomic mass is 10.1. The minimum absolute atomic E-state index is 0.0389. The third-order valence-electron chi connectivity index (χ3n) is 4.07. The minimum atomic E-state index is 0.0389. The Labute approximate surface area is 132 Å². The quantitative estimate of drug-likeness (QED) is 0.415. The van der Waals surface area contributed by atoms with Crippen molar-refractivity contribution in [3.05, 3.63) is 88.6 Å². The van der Waals surface area contributed by atoms with E-state index in [2.05, 4.69) is 4.57 Å². The summed E-state index contributed by atoms with van der Waals surface area (Å²) < 4.78 is 2.06. The first kappa shape index (κ1) is 13.5. The van der Waals surface area contributed by atoms with Crippen molar-refractivity contribution < 1.29 is 4.79 Å². The highest BCUT2D eigenvalue weighted by atomic mass is 16.1. The number of pyridine rings is 1. The molecule has 3 aromatic carbocycles. The predicted octanol–water partition coefficient (Wildman–Crippen LogP) is 3.96. The van der Waals surface area contributed by atoms with Crippen molar-refractivity contribution in [2.75, 3.05) is 0 Å². The van der Waals surface area contributed by atoms with Crippen LogP contribution < -0.4 is 5.43 Å². The Hall–Kier alpha value is -3.20. The zero-order valence-electron chi connectivity index (χ0n) is 12.3. The van der Waals surface area contributed by atoms with E-state index in [0.717, 1.165) is 23.0 Å². The van der Waals surface area contributed by atoms with Crippen LogP contribution in [0.3, 0.4) is 0 Å². The summed E-state index contributed by atoms with van der Waals surface area (Å²) in [6.45, 7) is 0. The predicted molar refractivity (Wildman–Crippen MR) is 92.4 cm³/mol. The van der Waals surface area contributed by atoms with Crippen LogP contribution in [0.25, 0.3) is 27.5 Å². The van der Waals surface area contributed by atoms with Gasteiger partial charge in [-0.25, -0.2) is 0 Å². The van der Waals surface area contributed by atoms with Crippen LogP contribution in [0.1, 0.15) is 10.4 Å². The van der Waals surface area contributed by atoms with Gasteiger partial charge in [-0.2, -0.15) is 0 Å². The summed E-state index contributed by atoms with van der Waals surface area (Å²) in [5, 5.41) is 1.37. The van der Waals surface area contributed by atoms with Crippen molar-refractivity contribution in [1.82, 2.24) is 4.57 Å². The fraction of sp³-hybridized carbons (Fsp3) is 0. The summed E-state index contributed by atoms with van der Waals surface area (Å²) in [5.74, 6) is 0. The number of hydrogen-bond donors (Lipinski definition) is 0. The first-order valence-corrected chi connectivity index (χ1v) is 7.38. The summed E-state index contributed by atoms with van der Waals surface area (Å²) in [4.78, 5) is 23.6. The number of rotatable bonds is 2. The first-order chi connectivity index (χ1) is 11.3. The summed E-state index contributed by atoms with van der Waals surface area (Å²) in [7, 11) is 0. The molecule has 0 spiro atoms. The molecule has 0 aliphatic carbocycles. The van der Waals surface area contributed by atoms with E-state index in [4.69, 9.17) is 0 Å². The Balaban J connectivity index is 2.20. The van der Waals surface area contributed by atoms with Gasteiger partial charge in [-0.15, -0.1) is 0 Å². The molecule has 4 aromatic rings. The van der Waals surface area contributed by atoms with Gasteiger partial charge in [0.25, 0.3) is 0 Å². The zero-order valence-corrected chi connectivity index (χ0v) is 12.3. The van der Waals surface area contributed by atoms with Crippen LogP contribution in [0.2, 0.25) is 0 Å². The number of fused-ring (bicyclic) bond motifs is 2. The molecule has 0 atom stereocenters. The van der Waals surface area contributed by atoms with E-state index in [1.807, 2.05) is 60.7 Å². The molecule has 0 aliphatic heterocycles. The van der Waals surface area contributed by atoms with Gasteiger partial charge >= 0.3 is 0 Å². The van der Waals surface area contributed by atoms with Gasteiger partial charge in [-0.3, -0.25) is 9.59 Å². The van der Waals surface area contributed by atoms with E-state index in [1.54, 1.807) is 12.1 Å². The standard InChI is InChI=1S/C20H13NO2/c22-13-14-9-11-15(12-10-14)21-18-7-3-1-5-16(18)20(23)17-6-2-4-8-19(17)21/h1-13H. The monoisotopic (exact) mass is 299 g/mol. The number of nitrogens with zero attached hydrogens (tertiary/aromatic N) is 1. The minimum Gasteiger partial charge on any atom is -0.309 e. The maximum Gasteiger partial charge on any atom is 0.197 e. The third kappa shape index (κ3) is 2.06. The lowest BCUT2D eigenvalue weighted by molar-refractivity contribution is 0.112. The molecule has 110 valence electrons. The molecular formula is C20H13NO2. The molecule has 0 bridgehead atoms. The average molecular weight is 299 g/mol. The molecule has 0 fully saturated rings. The molecule has 1 heterocycles. The number of aldehydes is 1. The molecule has 0 N–H and O–H groups in total. The van der Waals surface area contributed by atoms with Gasteiger partial charge in [0.15, 0.2) is 5.43 Å². The van der Waals surface area contributed by atoms with Gasteiger partial charge in [0.05, 0.1) is 11.0 Å². The molecule has 4 rings (SSSR count). The number of carbonyl (C=O) groups excluding carboxylic acids is 1. The molecule has 0 saturated heterocycles. The van der Waals surface area contributed by atoms with Crippen molar-refractivity contribution in [1.29, 1.82) is 0 Å². The van der Waals surface area contributed by atoms with Crippen molar-refractivity contribution in [2.24, 2.45) is 0 Å². The molecule has 23 heavy (non-hydrogen) atoms. The van der Waals surface area contributed by atoms with Gasteiger partial charge in [0.2, 0.25) is 0 Å². The fourth-order valence-electron chi connectivity index (χ4n) is 2.98. The Kier molecular flexibility index (Phi) is 3.05. The Morgan fingerprint density at radius 3 is 1.74 bits per heavy atom. The number of benzene rings is 3. The normalized spacial score (nSPS) is 11.0. The SMILES string of the molecule is O=Cc1ccc(-n2c3ccccc3c(=O)c3ccccc32)cc1. The molecule has 0 amide bonds. The fourth-order valence-corrected chi connectivity index (χ4v) is 2.98. The second kappa shape index (κ2) is 5.21.